The molecule has 32 heavy (non-hydrogen) atoms. The van der Waals surface area contributed by atoms with Crippen LogP contribution in [0, 0.1) is 6.92 Å². The van der Waals surface area contributed by atoms with E-state index < -0.39 is 11.4 Å². The fourth-order valence-electron chi connectivity index (χ4n) is 3.69. The quantitative estimate of drug-likeness (QED) is 0.694. The summed E-state index contributed by atoms with van der Waals surface area (Å²) in [6, 6.07) is 1.98. The summed E-state index contributed by atoms with van der Waals surface area (Å²) in [5, 5.41) is 8.28. The minimum atomic E-state index is -0.661. The SMILES string of the molecule is Cc1cc(-c2nnc([C@H]3COC(C)(C)O3)o2)cnc1C1=CCN(C(=O)OC(C)(C)C)CC1. The maximum absolute atomic E-state index is 12.3. The van der Waals surface area contributed by atoms with E-state index in [1.807, 2.05) is 53.7 Å². The number of pyridine rings is 1. The molecule has 0 spiro atoms. The van der Waals surface area contributed by atoms with E-state index in [2.05, 4.69) is 15.2 Å². The topological polar surface area (TPSA) is 99.8 Å². The Bertz CT molecular complexity index is 1040. The lowest BCUT2D eigenvalue weighted by molar-refractivity contribution is -0.141. The standard InChI is InChI=1S/C23H30N4O5/c1-14-11-16(19-25-26-20(30-19)17-13-29-23(5,6)31-17)12-24-18(14)15-7-9-27(10-8-15)21(28)32-22(2,3)4/h7,11-12,17H,8-10,13H2,1-6H3/t17-/m1/s1. The fraction of sp³-hybridized carbons (Fsp3) is 0.565. The van der Waals surface area contributed by atoms with Crippen molar-refractivity contribution in [1.29, 1.82) is 0 Å². The van der Waals surface area contributed by atoms with Crippen LogP contribution in [-0.2, 0) is 14.2 Å². The summed E-state index contributed by atoms with van der Waals surface area (Å²) in [5.74, 6) is 0.125. The second-order valence-corrected chi connectivity index (χ2v) is 9.56. The van der Waals surface area contributed by atoms with E-state index in [0.717, 1.165) is 22.4 Å². The second kappa shape index (κ2) is 8.29. The van der Waals surface area contributed by atoms with Gasteiger partial charge in [0.2, 0.25) is 11.8 Å². The van der Waals surface area contributed by atoms with E-state index in [1.54, 1.807) is 11.1 Å². The molecule has 2 aliphatic heterocycles. The molecule has 4 heterocycles. The third-order valence-corrected chi connectivity index (χ3v) is 5.21. The zero-order valence-electron chi connectivity index (χ0n) is 19.5. The van der Waals surface area contributed by atoms with Gasteiger partial charge in [-0.3, -0.25) is 4.98 Å². The van der Waals surface area contributed by atoms with Crippen LogP contribution in [0.15, 0.2) is 22.8 Å². The Hall–Kier alpha value is -2.78. The number of hydrogen-bond acceptors (Lipinski definition) is 8. The summed E-state index contributed by atoms with van der Waals surface area (Å²) < 4.78 is 22.6. The Labute approximate surface area is 187 Å². The highest BCUT2D eigenvalue weighted by Gasteiger charge is 2.37. The summed E-state index contributed by atoms with van der Waals surface area (Å²) in [4.78, 5) is 18.6. The minimum Gasteiger partial charge on any atom is -0.444 e. The molecule has 172 valence electrons. The number of aryl methyl sites for hydroxylation is 1. The zero-order valence-corrected chi connectivity index (χ0v) is 19.5. The van der Waals surface area contributed by atoms with Gasteiger partial charge in [-0.2, -0.15) is 0 Å². The molecule has 1 fully saturated rings. The Morgan fingerprint density at radius 3 is 2.66 bits per heavy atom. The van der Waals surface area contributed by atoms with Gasteiger partial charge in [-0.15, -0.1) is 10.2 Å². The Kier molecular flexibility index (Phi) is 5.81. The molecule has 1 saturated heterocycles. The van der Waals surface area contributed by atoms with Gasteiger partial charge >= 0.3 is 6.09 Å². The van der Waals surface area contributed by atoms with Crippen molar-refractivity contribution in [3.05, 3.63) is 35.5 Å². The summed E-state index contributed by atoms with van der Waals surface area (Å²) in [6.07, 6.45) is 3.81. The van der Waals surface area contributed by atoms with Gasteiger partial charge in [0.25, 0.3) is 0 Å². The molecule has 4 rings (SSSR count). The van der Waals surface area contributed by atoms with Gasteiger partial charge in [0.05, 0.1) is 17.9 Å². The van der Waals surface area contributed by atoms with Gasteiger partial charge in [-0.05, 0) is 65.2 Å². The van der Waals surface area contributed by atoms with Gasteiger partial charge in [0, 0.05) is 19.3 Å². The molecule has 2 aromatic rings. The van der Waals surface area contributed by atoms with Gasteiger partial charge in [-0.25, -0.2) is 4.79 Å². The molecule has 0 radical (unpaired) electrons. The summed E-state index contributed by atoms with van der Waals surface area (Å²) in [6.45, 7) is 12.8. The molecule has 0 unspecified atom stereocenters. The van der Waals surface area contributed by atoms with Gasteiger partial charge < -0.3 is 23.5 Å². The third-order valence-electron chi connectivity index (χ3n) is 5.21. The van der Waals surface area contributed by atoms with Crippen molar-refractivity contribution >= 4 is 11.7 Å². The van der Waals surface area contributed by atoms with Crippen molar-refractivity contribution in [3.63, 3.8) is 0 Å². The van der Waals surface area contributed by atoms with Crippen molar-refractivity contribution in [2.24, 2.45) is 0 Å². The van der Waals surface area contributed by atoms with Crippen LogP contribution in [-0.4, -0.2) is 57.3 Å². The zero-order chi connectivity index (χ0) is 23.1. The van der Waals surface area contributed by atoms with E-state index in [4.69, 9.17) is 18.6 Å². The molecular formula is C23H30N4O5. The van der Waals surface area contributed by atoms with E-state index in [0.29, 0.717) is 37.9 Å². The predicted molar refractivity (Wildman–Crippen MR) is 117 cm³/mol. The van der Waals surface area contributed by atoms with Crippen molar-refractivity contribution < 1.29 is 23.4 Å². The van der Waals surface area contributed by atoms with E-state index >= 15 is 0 Å². The number of carbonyl (C=O) groups is 1. The maximum Gasteiger partial charge on any atom is 0.410 e. The Morgan fingerprint density at radius 1 is 1.28 bits per heavy atom. The number of nitrogens with zero attached hydrogens (tertiary/aromatic N) is 4. The fourth-order valence-corrected chi connectivity index (χ4v) is 3.69. The van der Waals surface area contributed by atoms with E-state index in [-0.39, 0.29) is 12.2 Å². The Morgan fingerprint density at radius 2 is 2.06 bits per heavy atom. The number of aromatic nitrogens is 3. The number of amides is 1. The van der Waals surface area contributed by atoms with Crippen molar-refractivity contribution in [2.75, 3.05) is 19.7 Å². The van der Waals surface area contributed by atoms with Crippen LogP contribution in [0.2, 0.25) is 0 Å². The lowest BCUT2D eigenvalue weighted by atomic mass is 10.00. The molecule has 0 aromatic carbocycles. The summed E-state index contributed by atoms with van der Waals surface area (Å²) in [7, 11) is 0. The highest BCUT2D eigenvalue weighted by atomic mass is 16.7. The first-order valence-electron chi connectivity index (χ1n) is 10.8. The largest absolute Gasteiger partial charge is 0.444 e. The smallest absolute Gasteiger partial charge is 0.410 e. The highest BCUT2D eigenvalue weighted by molar-refractivity contribution is 5.73. The average Bonchev–Trinajstić information content (AvgIpc) is 3.33. The predicted octanol–water partition coefficient (Wildman–Crippen LogP) is 4.29. The normalized spacial score (nSPS) is 20.9. The first-order valence-corrected chi connectivity index (χ1v) is 10.8. The second-order valence-electron chi connectivity index (χ2n) is 9.56. The van der Waals surface area contributed by atoms with Gasteiger partial charge in [-0.1, -0.05) is 6.08 Å². The van der Waals surface area contributed by atoms with Crippen molar-refractivity contribution in [3.8, 4) is 11.5 Å². The third kappa shape index (κ3) is 4.99. The molecule has 2 aromatic heterocycles. The van der Waals surface area contributed by atoms with E-state index in [9.17, 15) is 4.79 Å². The molecule has 1 amide bonds. The average molecular weight is 443 g/mol. The molecular weight excluding hydrogens is 412 g/mol. The molecule has 9 nitrogen and oxygen atoms in total. The molecule has 0 N–H and O–H groups in total. The van der Waals surface area contributed by atoms with Crippen LogP contribution in [0.5, 0.6) is 0 Å². The van der Waals surface area contributed by atoms with Crippen molar-refractivity contribution in [2.45, 2.75) is 65.5 Å². The van der Waals surface area contributed by atoms with Gasteiger partial charge in [0.15, 0.2) is 11.9 Å². The first-order chi connectivity index (χ1) is 15.0. The molecule has 0 bridgehead atoms. The summed E-state index contributed by atoms with van der Waals surface area (Å²) >= 11 is 0. The van der Waals surface area contributed by atoms with Crippen molar-refractivity contribution in [1.82, 2.24) is 20.1 Å². The number of rotatable bonds is 3. The monoisotopic (exact) mass is 442 g/mol. The van der Waals surface area contributed by atoms with Crippen LogP contribution in [0.1, 0.15) is 64.3 Å². The first kappa shape index (κ1) is 22.4. The van der Waals surface area contributed by atoms with Crippen LogP contribution in [0.4, 0.5) is 4.79 Å². The molecule has 1 atom stereocenters. The summed E-state index contributed by atoms with van der Waals surface area (Å²) in [5.41, 5.74) is 3.26. The lowest BCUT2D eigenvalue weighted by Crippen LogP contribution is -2.39. The molecule has 0 aliphatic carbocycles. The van der Waals surface area contributed by atoms with E-state index in [1.165, 1.54) is 0 Å². The minimum absolute atomic E-state index is 0.292. The molecule has 0 saturated carbocycles. The van der Waals surface area contributed by atoms with Crippen LogP contribution in [0.3, 0.4) is 0 Å². The highest BCUT2D eigenvalue weighted by Crippen LogP contribution is 2.33. The van der Waals surface area contributed by atoms with Crippen LogP contribution in [0.25, 0.3) is 17.0 Å². The maximum atomic E-state index is 12.3. The Balaban J connectivity index is 1.45. The lowest BCUT2D eigenvalue weighted by Gasteiger charge is -2.29. The number of carbonyl (C=O) groups excluding carboxylic acids is 1. The molecule has 2 aliphatic rings. The number of hydrogen-bond donors (Lipinski definition) is 0. The number of ether oxygens (including phenoxy) is 3. The van der Waals surface area contributed by atoms with Gasteiger partial charge in [0.1, 0.15) is 5.60 Å². The van der Waals surface area contributed by atoms with Crippen LogP contribution >= 0.6 is 0 Å². The van der Waals surface area contributed by atoms with Crippen LogP contribution < -0.4 is 0 Å². The molecule has 9 heteroatoms.